The lowest BCUT2D eigenvalue weighted by Gasteiger charge is -2.27. The molecule has 3 unspecified atom stereocenters. The van der Waals surface area contributed by atoms with Gasteiger partial charge in [0.1, 0.15) is 0 Å². The molecule has 0 heterocycles. The van der Waals surface area contributed by atoms with Gasteiger partial charge in [-0.1, -0.05) is 13.8 Å². The molecule has 104 valence electrons. The summed E-state index contributed by atoms with van der Waals surface area (Å²) in [5.41, 5.74) is 0. The first-order valence-corrected chi connectivity index (χ1v) is 7.24. The van der Waals surface area contributed by atoms with Gasteiger partial charge < -0.3 is 15.3 Å². The summed E-state index contributed by atoms with van der Waals surface area (Å²) in [5, 5.41) is 12.2. The van der Waals surface area contributed by atoms with E-state index in [0.29, 0.717) is 0 Å². The third kappa shape index (κ3) is 7.86. The number of aliphatic hydroxyl groups is 1. The summed E-state index contributed by atoms with van der Waals surface area (Å²) < 4.78 is 21.3. The average molecular weight is 269 g/mol. The number of hydrogen-bond donors (Lipinski definition) is 3. The number of aliphatic hydroxyl groups excluding tert-OH is 1. The monoisotopic (exact) mass is 269 g/mol. The van der Waals surface area contributed by atoms with Crippen LogP contribution in [0.2, 0.25) is 0 Å². The van der Waals surface area contributed by atoms with Crippen LogP contribution in [0.25, 0.3) is 0 Å². The zero-order valence-corrected chi connectivity index (χ0v) is 12.0. The van der Waals surface area contributed by atoms with Crippen LogP contribution in [0.3, 0.4) is 0 Å². The Morgan fingerprint density at radius 2 is 1.71 bits per heavy atom. The Morgan fingerprint density at radius 3 is 2.06 bits per heavy atom. The molecule has 7 heteroatoms. The standard InChI is InChI=1S/C10H24NO5P/c1-7(2)11-10(6-12)9(5)16-17(13,14)15-8(3)4/h7-12H,6H2,1-5H3,(H,13,14). The van der Waals surface area contributed by atoms with Crippen LogP contribution in [0.15, 0.2) is 0 Å². The molecule has 17 heavy (non-hydrogen) atoms. The van der Waals surface area contributed by atoms with Gasteiger partial charge in [0.15, 0.2) is 0 Å². The highest BCUT2D eigenvalue weighted by Crippen LogP contribution is 2.46. The SMILES string of the molecule is CC(C)NC(CO)C(C)OP(=O)(O)OC(C)C. The molecule has 0 aromatic heterocycles. The maximum atomic E-state index is 11.5. The number of phosphoric acid groups is 1. The fraction of sp³-hybridized carbons (Fsp3) is 1.00. The Labute approximate surface area is 103 Å². The van der Waals surface area contributed by atoms with E-state index < -0.39 is 26.1 Å². The van der Waals surface area contributed by atoms with Gasteiger partial charge in [-0.25, -0.2) is 4.57 Å². The smallest absolute Gasteiger partial charge is 0.395 e. The molecule has 0 fully saturated rings. The molecule has 0 aliphatic rings. The van der Waals surface area contributed by atoms with Crippen LogP contribution in [-0.4, -0.2) is 40.9 Å². The van der Waals surface area contributed by atoms with E-state index in [9.17, 15) is 9.46 Å². The molecule has 0 saturated heterocycles. The lowest BCUT2D eigenvalue weighted by Crippen LogP contribution is -2.45. The molecule has 3 N–H and O–H groups in total. The van der Waals surface area contributed by atoms with Crippen LogP contribution in [0.5, 0.6) is 0 Å². The molecule has 0 aliphatic heterocycles. The van der Waals surface area contributed by atoms with Crippen molar-refractivity contribution in [2.45, 2.75) is 58.9 Å². The Morgan fingerprint density at radius 1 is 1.18 bits per heavy atom. The molecule has 0 saturated carbocycles. The summed E-state index contributed by atoms with van der Waals surface area (Å²) in [6.45, 7) is 8.56. The second-order valence-corrected chi connectivity index (χ2v) is 5.90. The third-order valence-corrected chi connectivity index (χ3v) is 3.24. The fourth-order valence-corrected chi connectivity index (χ4v) is 2.49. The zero-order chi connectivity index (χ0) is 13.6. The number of rotatable bonds is 8. The normalized spacial score (nSPS) is 19.4. The summed E-state index contributed by atoms with van der Waals surface area (Å²) >= 11 is 0. The fourth-order valence-electron chi connectivity index (χ4n) is 1.34. The Kier molecular flexibility index (Phi) is 7.47. The highest BCUT2D eigenvalue weighted by Gasteiger charge is 2.29. The lowest BCUT2D eigenvalue weighted by atomic mass is 10.2. The van der Waals surface area contributed by atoms with E-state index in [2.05, 4.69) is 5.32 Å². The van der Waals surface area contributed by atoms with E-state index in [1.165, 1.54) is 0 Å². The van der Waals surface area contributed by atoms with Crippen LogP contribution in [-0.2, 0) is 13.6 Å². The van der Waals surface area contributed by atoms with Gasteiger partial charge in [-0.3, -0.25) is 9.05 Å². The highest BCUT2D eigenvalue weighted by atomic mass is 31.2. The first kappa shape index (κ1) is 17.0. The van der Waals surface area contributed by atoms with Crippen LogP contribution in [0.4, 0.5) is 0 Å². The molecule has 3 atom stereocenters. The molecule has 0 bridgehead atoms. The average Bonchev–Trinajstić information content (AvgIpc) is 2.10. The van der Waals surface area contributed by atoms with E-state index in [0.717, 1.165) is 0 Å². The first-order chi connectivity index (χ1) is 7.68. The largest absolute Gasteiger partial charge is 0.472 e. The predicted octanol–water partition coefficient (Wildman–Crippen LogP) is 1.28. The van der Waals surface area contributed by atoms with Crippen molar-refractivity contribution < 1.29 is 23.6 Å². The topological polar surface area (TPSA) is 88.0 Å². The van der Waals surface area contributed by atoms with E-state index in [1.807, 2.05) is 13.8 Å². The van der Waals surface area contributed by atoms with Crippen molar-refractivity contribution in [1.29, 1.82) is 0 Å². The molecular formula is C10H24NO5P. The zero-order valence-electron chi connectivity index (χ0n) is 11.1. The van der Waals surface area contributed by atoms with E-state index >= 15 is 0 Å². The van der Waals surface area contributed by atoms with Gasteiger partial charge in [0.25, 0.3) is 0 Å². The Balaban J connectivity index is 4.38. The predicted molar refractivity (Wildman–Crippen MR) is 65.7 cm³/mol. The van der Waals surface area contributed by atoms with Crippen molar-refractivity contribution in [3.8, 4) is 0 Å². The van der Waals surface area contributed by atoms with Crippen molar-refractivity contribution in [2.24, 2.45) is 0 Å². The molecular weight excluding hydrogens is 245 g/mol. The Bertz CT molecular complexity index is 259. The highest BCUT2D eigenvalue weighted by molar-refractivity contribution is 7.47. The summed E-state index contributed by atoms with van der Waals surface area (Å²) in [7, 11) is -4.07. The molecule has 0 radical (unpaired) electrons. The van der Waals surface area contributed by atoms with Crippen molar-refractivity contribution in [2.75, 3.05) is 6.61 Å². The van der Waals surface area contributed by atoms with Crippen molar-refractivity contribution in [3.63, 3.8) is 0 Å². The van der Waals surface area contributed by atoms with Crippen LogP contribution < -0.4 is 5.32 Å². The maximum Gasteiger partial charge on any atom is 0.472 e. The summed E-state index contributed by atoms with van der Waals surface area (Å²) in [4.78, 5) is 9.44. The molecule has 0 aromatic rings. The van der Waals surface area contributed by atoms with Crippen molar-refractivity contribution in [1.82, 2.24) is 5.32 Å². The number of phosphoric ester groups is 1. The maximum absolute atomic E-state index is 11.5. The van der Waals surface area contributed by atoms with E-state index in [1.54, 1.807) is 20.8 Å². The van der Waals surface area contributed by atoms with Crippen molar-refractivity contribution in [3.05, 3.63) is 0 Å². The second-order valence-electron chi connectivity index (χ2n) is 4.54. The minimum atomic E-state index is -4.07. The van der Waals surface area contributed by atoms with Gasteiger partial charge >= 0.3 is 7.82 Å². The number of hydrogen-bond acceptors (Lipinski definition) is 5. The van der Waals surface area contributed by atoms with Gasteiger partial charge in [0.05, 0.1) is 24.9 Å². The van der Waals surface area contributed by atoms with Gasteiger partial charge in [0, 0.05) is 6.04 Å². The molecule has 0 aromatic carbocycles. The second kappa shape index (κ2) is 7.46. The van der Waals surface area contributed by atoms with Crippen LogP contribution in [0, 0.1) is 0 Å². The quantitative estimate of drug-likeness (QED) is 0.575. The third-order valence-electron chi connectivity index (χ3n) is 1.95. The number of nitrogens with one attached hydrogen (secondary N) is 1. The first-order valence-electron chi connectivity index (χ1n) is 5.74. The Hall–Kier alpha value is 0.0300. The van der Waals surface area contributed by atoms with Gasteiger partial charge in [0.2, 0.25) is 0 Å². The van der Waals surface area contributed by atoms with Gasteiger partial charge in [-0.2, -0.15) is 0 Å². The summed E-state index contributed by atoms with van der Waals surface area (Å²) in [6, 6.07) is -0.270. The molecule has 6 nitrogen and oxygen atoms in total. The minimum absolute atomic E-state index is 0.141. The van der Waals surface area contributed by atoms with Crippen LogP contribution >= 0.6 is 7.82 Å². The summed E-state index contributed by atoms with van der Waals surface area (Å²) in [6.07, 6.45) is -1.03. The van der Waals surface area contributed by atoms with E-state index in [-0.39, 0.29) is 12.6 Å². The minimum Gasteiger partial charge on any atom is -0.395 e. The lowest BCUT2D eigenvalue weighted by molar-refractivity contribution is 0.0584. The summed E-state index contributed by atoms with van der Waals surface area (Å²) in [5.74, 6) is 0. The molecule has 0 spiro atoms. The molecule has 0 rings (SSSR count). The van der Waals surface area contributed by atoms with Gasteiger partial charge in [-0.15, -0.1) is 0 Å². The van der Waals surface area contributed by atoms with Crippen LogP contribution in [0.1, 0.15) is 34.6 Å². The van der Waals surface area contributed by atoms with Crippen molar-refractivity contribution >= 4 is 7.82 Å². The molecule has 0 amide bonds. The molecule has 0 aliphatic carbocycles. The van der Waals surface area contributed by atoms with E-state index in [4.69, 9.17) is 14.2 Å². The van der Waals surface area contributed by atoms with Gasteiger partial charge in [-0.05, 0) is 20.8 Å².